The number of aromatic nitrogens is 2. The van der Waals surface area contributed by atoms with E-state index in [9.17, 15) is 4.39 Å². The van der Waals surface area contributed by atoms with Crippen molar-refractivity contribution < 1.29 is 4.39 Å². The molecule has 1 unspecified atom stereocenters. The molecule has 0 aliphatic carbocycles. The lowest BCUT2D eigenvalue weighted by Crippen LogP contribution is -2.25. The zero-order valence-electron chi connectivity index (χ0n) is 12.7. The quantitative estimate of drug-likeness (QED) is 0.856. The van der Waals surface area contributed by atoms with E-state index in [-0.39, 0.29) is 11.9 Å². The number of hydrogen-bond donors (Lipinski definition) is 1. The van der Waals surface area contributed by atoms with Crippen LogP contribution >= 0.6 is 15.9 Å². The molecule has 1 N–H and O–H groups in total. The van der Waals surface area contributed by atoms with Crippen molar-refractivity contribution in [3.05, 3.63) is 51.5 Å². The molecule has 0 saturated carbocycles. The van der Waals surface area contributed by atoms with Gasteiger partial charge in [0, 0.05) is 11.5 Å². The van der Waals surface area contributed by atoms with Crippen LogP contribution in [-0.4, -0.2) is 16.3 Å². The fourth-order valence-corrected chi connectivity index (χ4v) is 2.90. The molecule has 21 heavy (non-hydrogen) atoms. The Morgan fingerprint density at radius 2 is 2.10 bits per heavy atom. The summed E-state index contributed by atoms with van der Waals surface area (Å²) in [7, 11) is 1.96. The van der Waals surface area contributed by atoms with E-state index in [2.05, 4.69) is 46.3 Å². The molecule has 0 saturated heterocycles. The molecule has 114 valence electrons. The Kier molecular flexibility index (Phi) is 5.53. The molecule has 0 amide bonds. The van der Waals surface area contributed by atoms with Crippen LogP contribution < -0.4 is 5.32 Å². The number of hydrogen-bond acceptors (Lipinski definition) is 2. The van der Waals surface area contributed by atoms with E-state index >= 15 is 0 Å². The molecule has 2 rings (SSSR count). The van der Waals surface area contributed by atoms with Crippen molar-refractivity contribution in [1.29, 1.82) is 0 Å². The van der Waals surface area contributed by atoms with Gasteiger partial charge in [-0.3, -0.25) is 4.68 Å². The van der Waals surface area contributed by atoms with Gasteiger partial charge in [0.05, 0.1) is 17.4 Å². The molecule has 0 aliphatic rings. The van der Waals surface area contributed by atoms with Crippen LogP contribution in [0.2, 0.25) is 0 Å². The second kappa shape index (κ2) is 7.18. The summed E-state index contributed by atoms with van der Waals surface area (Å²) in [6.07, 6.45) is 1.63. The topological polar surface area (TPSA) is 29.9 Å². The number of nitrogens with zero attached hydrogens (tertiary/aromatic N) is 2. The fourth-order valence-electron chi connectivity index (χ4n) is 2.49. The Morgan fingerprint density at radius 3 is 2.71 bits per heavy atom. The van der Waals surface area contributed by atoms with Gasteiger partial charge < -0.3 is 5.32 Å². The number of rotatable bonds is 6. The molecule has 1 atom stereocenters. The molecule has 3 nitrogen and oxygen atoms in total. The summed E-state index contributed by atoms with van der Waals surface area (Å²) in [5.41, 5.74) is 3.17. The first-order chi connectivity index (χ1) is 10.0. The summed E-state index contributed by atoms with van der Waals surface area (Å²) in [6.45, 7) is 5.02. The zero-order chi connectivity index (χ0) is 15.4. The largest absolute Gasteiger partial charge is 0.309 e. The van der Waals surface area contributed by atoms with Crippen LogP contribution in [0.4, 0.5) is 4.39 Å². The maximum atomic E-state index is 13.5. The van der Waals surface area contributed by atoms with E-state index in [4.69, 9.17) is 0 Å². The summed E-state index contributed by atoms with van der Waals surface area (Å²) in [5.74, 6) is -0.206. The van der Waals surface area contributed by atoms with Crippen LogP contribution in [0.5, 0.6) is 0 Å². The Labute approximate surface area is 133 Å². The van der Waals surface area contributed by atoms with Gasteiger partial charge >= 0.3 is 0 Å². The fraction of sp³-hybridized carbons (Fsp3) is 0.438. The molecule has 1 heterocycles. The minimum absolute atomic E-state index is 0.117. The van der Waals surface area contributed by atoms with Crippen molar-refractivity contribution in [2.75, 3.05) is 6.54 Å². The van der Waals surface area contributed by atoms with Crippen LogP contribution in [0.1, 0.15) is 36.8 Å². The van der Waals surface area contributed by atoms with E-state index < -0.39 is 0 Å². The van der Waals surface area contributed by atoms with Crippen molar-refractivity contribution in [3.63, 3.8) is 0 Å². The highest BCUT2D eigenvalue weighted by Gasteiger charge is 2.18. The summed E-state index contributed by atoms with van der Waals surface area (Å²) < 4.78 is 16.3. The van der Waals surface area contributed by atoms with Gasteiger partial charge in [0.25, 0.3) is 0 Å². The van der Waals surface area contributed by atoms with Gasteiger partial charge in [0.2, 0.25) is 0 Å². The van der Waals surface area contributed by atoms with Crippen molar-refractivity contribution >= 4 is 15.9 Å². The average Bonchev–Trinajstić information content (AvgIpc) is 2.83. The van der Waals surface area contributed by atoms with Gasteiger partial charge in [-0.25, -0.2) is 4.39 Å². The molecule has 1 aromatic carbocycles. The number of halogens is 2. The molecule has 1 aromatic heterocycles. The predicted molar refractivity (Wildman–Crippen MR) is 86.8 cm³/mol. The van der Waals surface area contributed by atoms with Crippen LogP contribution in [0.3, 0.4) is 0 Å². The SMILES string of the molecule is CCNC(Cc1cc(F)ccc1Br)c1cc(CC)nn1C. The minimum Gasteiger partial charge on any atom is -0.309 e. The molecule has 0 aliphatic heterocycles. The van der Waals surface area contributed by atoms with E-state index in [1.54, 1.807) is 12.1 Å². The van der Waals surface area contributed by atoms with Gasteiger partial charge in [-0.15, -0.1) is 0 Å². The molecule has 5 heteroatoms. The Balaban J connectivity index is 2.30. The monoisotopic (exact) mass is 353 g/mol. The highest BCUT2D eigenvalue weighted by Crippen LogP contribution is 2.25. The van der Waals surface area contributed by atoms with Crippen LogP contribution in [0, 0.1) is 5.82 Å². The maximum absolute atomic E-state index is 13.5. The predicted octanol–water partition coefficient (Wildman–Crippen LogP) is 3.78. The van der Waals surface area contributed by atoms with Gasteiger partial charge in [-0.1, -0.05) is 29.8 Å². The number of likely N-dealkylation sites (N-methyl/N-ethyl adjacent to an activating group) is 1. The Bertz CT molecular complexity index is 610. The minimum atomic E-state index is -0.206. The van der Waals surface area contributed by atoms with Gasteiger partial charge in [-0.2, -0.15) is 5.10 Å². The third-order valence-corrected chi connectivity index (χ3v) is 4.34. The highest BCUT2D eigenvalue weighted by molar-refractivity contribution is 9.10. The van der Waals surface area contributed by atoms with Gasteiger partial charge in [0.15, 0.2) is 0 Å². The van der Waals surface area contributed by atoms with Crippen molar-refractivity contribution in [3.8, 4) is 0 Å². The first-order valence-electron chi connectivity index (χ1n) is 7.25. The Hall–Kier alpha value is -1.20. The molecule has 0 fully saturated rings. The molecule has 0 spiro atoms. The molecular weight excluding hydrogens is 333 g/mol. The Morgan fingerprint density at radius 1 is 1.33 bits per heavy atom. The van der Waals surface area contributed by atoms with Crippen molar-refractivity contribution in [2.24, 2.45) is 7.05 Å². The van der Waals surface area contributed by atoms with Crippen LogP contribution in [-0.2, 0) is 19.9 Å². The first kappa shape index (κ1) is 16.2. The molecule has 0 bridgehead atoms. The van der Waals surface area contributed by atoms with E-state index in [1.807, 2.05) is 11.7 Å². The third kappa shape index (κ3) is 3.92. The highest BCUT2D eigenvalue weighted by atomic mass is 79.9. The van der Waals surface area contributed by atoms with Crippen LogP contribution in [0.15, 0.2) is 28.7 Å². The third-order valence-electron chi connectivity index (χ3n) is 3.57. The van der Waals surface area contributed by atoms with Gasteiger partial charge in [-0.05, 0) is 49.2 Å². The number of nitrogens with one attached hydrogen (secondary N) is 1. The number of benzene rings is 1. The second-order valence-electron chi connectivity index (χ2n) is 5.09. The van der Waals surface area contributed by atoms with Crippen molar-refractivity contribution in [1.82, 2.24) is 15.1 Å². The summed E-state index contributed by atoms with van der Waals surface area (Å²) >= 11 is 3.50. The zero-order valence-corrected chi connectivity index (χ0v) is 14.2. The number of aryl methyl sites for hydroxylation is 2. The first-order valence-corrected chi connectivity index (χ1v) is 8.04. The summed E-state index contributed by atoms with van der Waals surface area (Å²) in [6, 6.07) is 7.06. The van der Waals surface area contributed by atoms with Gasteiger partial charge in [0.1, 0.15) is 5.82 Å². The standard InChI is InChI=1S/C16H21BrFN3/c1-4-13-10-16(21(3)20-13)15(19-5-2)9-11-8-12(18)6-7-14(11)17/h6-8,10,15,19H,4-5,9H2,1-3H3. The smallest absolute Gasteiger partial charge is 0.123 e. The lowest BCUT2D eigenvalue weighted by atomic mass is 10.0. The van der Waals surface area contributed by atoms with E-state index in [1.165, 1.54) is 6.07 Å². The summed E-state index contributed by atoms with van der Waals surface area (Å²) in [4.78, 5) is 0. The normalized spacial score (nSPS) is 12.6. The molecule has 0 radical (unpaired) electrons. The van der Waals surface area contributed by atoms with E-state index in [0.29, 0.717) is 0 Å². The lowest BCUT2D eigenvalue weighted by molar-refractivity contribution is 0.505. The molecular formula is C16H21BrFN3. The molecule has 2 aromatic rings. The lowest BCUT2D eigenvalue weighted by Gasteiger charge is -2.19. The van der Waals surface area contributed by atoms with Crippen LogP contribution in [0.25, 0.3) is 0 Å². The van der Waals surface area contributed by atoms with Crippen molar-refractivity contribution in [2.45, 2.75) is 32.7 Å². The maximum Gasteiger partial charge on any atom is 0.123 e. The summed E-state index contributed by atoms with van der Waals surface area (Å²) in [5, 5.41) is 7.97. The van der Waals surface area contributed by atoms with E-state index in [0.717, 1.165) is 40.8 Å². The second-order valence-corrected chi connectivity index (χ2v) is 5.94. The average molecular weight is 354 g/mol.